The van der Waals surface area contributed by atoms with Gasteiger partial charge in [-0.25, -0.2) is 4.79 Å². The van der Waals surface area contributed by atoms with E-state index in [2.05, 4.69) is 15.6 Å². The van der Waals surface area contributed by atoms with Gasteiger partial charge in [-0.05, 0) is 6.07 Å². The van der Waals surface area contributed by atoms with Gasteiger partial charge in [-0.2, -0.15) is 0 Å². The van der Waals surface area contributed by atoms with Gasteiger partial charge < -0.3 is 20.5 Å². The second-order valence-corrected chi connectivity index (χ2v) is 4.25. The quantitative estimate of drug-likeness (QED) is 0.713. The zero-order valence-electron chi connectivity index (χ0n) is 10.3. The number of carboxylic acids is 1. The summed E-state index contributed by atoms with van der Waals surface area (Å²) in [4.78, 5) is 26.3. The van der Waals surface area contributed by atoms with Gasteiger partial charge in [0.2, 0.25) is 5.91 Å². The number of rotatable bonds is 4. The van der Waals surface area contributed by atoms with E-state index in [-0.39, 0.29) is 23.9 Å². The molecule has 0 spiro atoms. The normalized spacial score (nSPS) is 18.8. The Labute approximate surface area is 110 Å². The third-order valence-corrected chi connectivity index (χ3v) is 2.70. The number of carbonyl (C=O) groups excluding carboxylic acids is 1. The van der Waals surface area contributed by atoms with Crippen LogP contribution >= 0.6 is 0 Å². The minimum absolute atomic E-state index is 0.00985. The monoisotopic (exact) mass is 265 g/mol. The number of anilines is 1. The fourth-order valence-corrected chi connectivity index (χ4v) is 1.81. The largest absolute Gasteiger partial charge is 0.478 e. The van der Waals surface area contributed by atoms with E-state index in [1.807, 2.05) is 0 Å². The Morgan fingerprint density at radius 3 is 3.05 bits per heavy atom. The predicted octanol–water partition coefficient (Wildman–Crippen LogP) is 0.0968. The molecule has 1 aromatic heterocycles. The number of carboxylic acid groups (broad SMARTS) is 1. The minimum Gasteiger partial charge on any atom is -0.478 e. The predicted molar refractivity (Wildman–Crippen MR) is 67.1 cm³/mol. The number of carbonyl (C=O) groups is 2. The molecule has 1 aliphatic heterocycles. The fraction of sp³-hybridized carbons (Fsp3) is 0.417. The highest BCUT2D eigenvalue weighted by Gasteiger charge is 2.17. The lowest BCUT2D eigenvalue weighted by Gasteiger charge is -2.23. The number of morpholine rings is 1. The van der Waals surface area contributed by atoms with Crippen molar-refractivity contribution < 1.29 is 19.4 Å². The third-order valence-electron chi connectivity index (χ3n) is 2.70. The molecule has 0 aromatic carbocycles. The summed E-state index contributed by atoms with van der Waals surface area (Å²) < 4.78 is 5.25. The van der Waals surface area contributed by atoms with Crippen LogP contribution in [0.25, 0.3) is 0 Å². The Morgan fingerprint density at radius 2 is 2.37 bits per heavy atom. The average Bonchev–Trinajstić information content (AvgIpc) is 2.40. The van der Waals surface area contributed by atoms with Gasteiger partial charge in [-0.15, -0.1) is 0 Å². The Hall–Kier alpha value is -1.99. The summed E-state index contributed by atoms with van der Waals surface area (Å²) in [6.45, 7) is 1.89. The van der Waals surface area contributed by atoms with Crippen LogP contribution in [0.5, 0.6) is 0 Å². The zero-order chi connectivity index (χ0) is 13.7. The third kappa shape index (κ3) is 4.01. The van der Waals surface area contributed by atoms with Crippen molar-refractivity contribution in [3.8, 4) is 0 Å². The molecule has 7 nitrogen and oxygen atoms in total. The zero-order valence-corrected chi connectivity index (χ0v) is 10.3. The highest BCUT2D eigenvalue weighted by Crippen LogP contribution is 2.09. The molecule has 1 atom stereocenters. The highest BCUT2D eigenvalue weighted by atomic mass is 16.5. The van der Waals surface area contributed by atoms with Crippen LogP contribution in [0, 0.1) is 0 Å². The number of hydrogen-bond donors (Lipinski definition) is 3. The average molecular weight is 265 g/mol. The van der Waals surface area contributed by atoms with Gasteiger partial charge >= 0.3 is 5.97 Å². The van der Waals surface area contributed by atoms with Gasteiger partial charge in [-0.3, -0.25) is 9.78 Å². The molecule has 3 N–H and O–H groups in total. The van der Waals surface area contributed by atoms with Crippen molar-refractivity contribution in [3.05, 3.63) is 24.0 Å². The molecule has 1 fully saturated rings. The van der Waals surface area contributed by atoms with E-state index in [0.29, 0.717) is 18.9 Å². The molecule has 7 heteroatoms. The Kier molecular flexibility index (Phi) is 4.43. The SMILES string of the molecule is O=C(C[C@H]1COCCN1)Nc1cncc(C(=O)O)c1. The van der Waals surface area contributed by atoms with E-state index in [4.69, 9.17) is 9.84 Å². The summed E-state index contributed by atoms with van der Waals surface area (Å²) in [6.07, 6.45) is 2.92. The van der Waals surface area contributed by atoms with Gasteiger partial charge in [0, 0.05) is 25.2 Å². The topological polar surface area (TPSA) is 101 Å². The summed E-state index contributed by atoms with van der Waals surface area (Å²) in [5.41, 5.74) is 0.415. The van der Waals surface area contributed by atoms with Crippen LogP contribution in [-0.2, 0) is 9.53 Å². The number of aromatic nitrogens is 1. The van der Waals surface area contributed by atoms with E-state index < -0.39 is 5.97 Å². The van der Waals surface area contributed by atoms with Crippen LogP contribution in [0.4, 0.5) is 5.69 Å². The smallest absolute Gasteiger partial charge is 0.337 e. The molecule has 1 saturated heterocycles. The molecule has 102 valence electrons. The molecule has 1 aromatic rings. The number of aromatic carboxylic acids is 1. The Balaban J connectivity index is 1.90. The molecular weight excluding hydrogens is 250 g/mol. The summed E-state index contributed by atoms with van der Waals surface area (Å²) in [6, 6.07) is 1.36. The van der Waals surface area contributed by atoms with Gasteiger partial charge in [0.15, 0.2) is 0 Å². The molecule has 0 saturated carbocycles. The minimum atomic E-state index is -1.08. The molecule has 1 aliphatic rings. The van der Waals surface area contributed by atoms with E-state index in [1.54, 1.807) is 0 Å². The van der Waals surface area contributed by atoms with Gasteiger partial charge in [0.05, 0.1) is 30.7 Å². The van der Waals surface area contributed by atoms with Crippen LogP contribution in [0.1, 0.15) is 16.8 Å². The van der Waals surface area contributed by atoms with Crippen molar-refractivity contribution in [1.82, 2.24) is 10.3 Å². The highest BCUT2D eigenvalue weighted by molar-refractivity contribution is 5.93. The lowest BCUT2D eigenvalue weighted by molar-refractivity contribution is -0.117. The number of nitrogens with zero attached hydrogens (tertiary/aromatic N) is 1. The van der Waals surface area contributed by atoms with Crippen molar-refractivity contribution in [2.24, 2.45) is 0 Å². The van der Waals surface area contributed by atoms with Crippen molar-refractivity contribution in [2.45, 2.75) is 12.5 Å². The molecule has 2 rings (SSSR count). The molecule has 0 bridgehead atoms. The van der Waals surface area contributed by atoms with Crippen molar-refractivity contribution >= 4 is 17.6 Å². The lowest BCUT2D eigenvalue weighted by Crippen LogP contribution is -2.43. The maximum Gasteiger partial charge on any atom is 0.337 e. The standard InChI is InChI=1S/C12H15N3O4/c16-11(4-10-7-19-2-1-14-10)15-9-3-8(12(17)18)5-13-6-9/h3,5-6,10,14H,1-2,4,7H2,(H,15,16)(H,17,18)/t10-/m0/s1. The van der Waals surface area contributed by atoms with Crippen molar-refractivity contribution in [3.63, 3.8) is 0 Å². The van der Waals surface area contributed by atoms with Crippen molar-refractivity contribution in [1.29, 1.82) is 0 Å². The van der Waals surface area contributed by atoms with E-state index in [9.17, 15) is 9.59 Å². The number of pyridine rings is 1. The molecule has 0 aliphatic carbocycles. The van der Waals surface area contributed by atoms with Crippen LogP contribution in [0.2, 0.25) is 0 Å². The molecule has 0 unspecified atom stereocenters. The molecular formula is C12H15N3O4. The Bertz CT molecular complexity index is 472. The summed E-state index contributed by atoms with van der Waals surface area (Å²) in [5, 5.41) is 14.6. The molecule has 2 heterocycles. The van der Waals surface area contributed by atoms with Crippen LogP contribution in [0.3, 0.4) is 0 Å². The molecule has 1 amide bonds. The van der Waals surface area contributed by atoms with E-state index in [1.165, 1.54) is 18.5 Å². The first-order chi connectivity index (χ1) is 9.15. The molecule has 0 radical (unpaired) electrons. The van der Waals surface area contributed by atoms with Crippen LogP contribution < -0.4 is 10.6 Å². The van der Waals surface area contributed by atoms with Crippen molar-refractivity contribution in [2.75, 3.05) is 25.1 Å². The number of amides is 1. The number of ether oxygens (including phenoxy) is 1. The van der Waals surface area contributed by atoms with Crippen LogP contribution in [-0.4, -0.2) is 47.8 Å². The maximum atomic E-state index is 11.8. The maximum absolute atomic E-state index is 11.8. The van der Waals surface area contributed by atoms with E-state index >= 15 is 0 Å². The van der Waals surface area contributed by atoms with Crippen LogP contribution in [0.15, 0.2) is 18.5 Å². The second kappa shape index (κ2) is 6.26. The summed E-state index contributed by atoms with van der Waals surface area (Å²) in [5.74, 6) is -1.28. The Morgan fingerprint density at radius 1 is 1.53 bits per heavy atom. The first kappa shape index (κ1) is 13.4. The van der Waals surface area contributed by atoms with Gasteiger partial charge in [0.25, 0.3) is 0 Å². The molecule has 19 heavy (non-hydrogen) atoms. The fourth-order valence-electron chi connectivity index (χ4n) is 1.81. The summed E-state index contributed by atoms with van der Waals surface area (Å²) >= 11 is 0. The first-order valence-electron chi connectivity index (χ1n) is 5.94. The first-order valence-corrected chi connectivity index (χ1v) is 5.94. The van der Waals surface area contributed by atoms with Gasteiger partial charge in [0.1, 0.15) is 0 Å². The number of nitrogens with one attached hydrogen (secondary N) is 2. The second-order valence-electron chi connectivity index (χ2n) is 4.25. The van der Waals surface area contributed by atoms with Gasteiger partial charge in [-0.1, -0.05) is 0 Å². The van der Waals surface area contributed by atoms with E-state index in [0.717, 1.165) is 6.54 Å². The summed E-state index contributed by atoms with van der Waals surface area (Å²) in [7, 11) is 0. The number of hydrogen-bond acceptors (Lipinski definition) is 5. The lowest BCUT2D eigenvalue weighted by atomic mass is 10.2.